The summed E-state index contributed by atoms with van der Waals surface area (Å²) in [7, 11) is 1.60. The van der Waals surface area contributed by atoms with E-state index in [4.69, 9.17) is 13.1 Å². The highest BCUT2D eigenvalue weighted by atomic mass is 16.2. The van der Waals surface area contributed by atoms with E-state index < -0.39 is 17.6 Å². The molecule has 0 unspecified atom stereocenters. The lowest BCUT2D eigenvalue weighted by Gasteiger charge is -2.32. The molecule has 3 atom stereocenters. The van der Waals surface area contributed by atoms with Crippen molar-refractivity contribution in [3.63, 3.8) is 0 Å². The van der Waals surface area contributed by atoms with E-state index in [9.17, 15) is 14.4 Å². The Morgan fingerprint density at radius 1 is 1.18 bits per heavy atom. The molecule has 2 N–H and O–H groups in total. The molecule has 1 saturated heterocycles. The molecule has 1 spiro atoms. The third-order valence-corrected chi connectivity index (χ3v) is 7.62. The monoisotopic (exact) mass is 508 g/mol. The number of anilines is 1. The van der Waals surface area contributed by atoms with Gasteiger partial charge in [0, 0.05) is 24.8 Å². The van der Waals surface area contributed by atoms with Crippen molar-refractivity contribution in [1.29, 1.82) is 0 Å². The molecule has 2 aliphatic heterocycles. The van der Waals surface area contributed by atoms with Gasteiger partial charge in [0.1, 0.15) is 17.2 Å². The molecule has 9 nitrogen and oxygen atoms in total. The smallest absolute Gasteiger partial charge is 0.302 e. The standard InChI is InChI=1S/C29H28N6O3/c1-17(2)12-24(34(5)26(36)23-14-18-13-19(30-3)10-11-21(18)32-23)27(37)35-16-29(15-25(35)31-4)20-8-6-7-9-22(20)33-28(29)38/h6-11,13-14,17,24-25,32H,12,15-16H2,1-2,5H3,(H,33,38)/t24-,25-,29-/m0/s1. The first-order valence-corrected chi connectivity index (χ1v) is 12.5. The van der Waals surface area contributed by atoms with Crippen molar-refractivity contribution < 1.29 is 14.4 Å². The predicted molar refractivity (Wildman–Crippen MR) is 143 cm³/mol. The first kappa shape index (κ1) is 25.0. The molecule has 3 amide bonds. The number of nitrogens with zero attached hydrogens (tertiary/aromatic N) is 4. The molecule has 9 heteroatoms. The van der Waals surface area contributed by atoms with Gasteiger partial charge in [-0.25, -0.2) is 11.4 Å². The Morgan fingerprint density at radius 2 is 1.95 bits per heavy atom. The van der Waals surface area contributed by atoms with Gasteiger partial charge < -0.3 is 15.2 Å². The van der Waals surface area contributed by atoms with Crippen molar-refractivity contribution in [3.8, 4) is 0 Å². The van der Waals surface area contributed by atoms with Crippen LogP contribution < -0.4 is 5.32 Å². The average Bonchev–Trinajstić information content (AvgIpc) is 3.59. The molecular weight excluding hydrogens is 480 g/mol. The summed E-state index contributed by atoms with van der Waals surface area (Å²) in [5.41, 5.74) is 2.04. The van der Waals surface area contributed by atoms with Gasteiger partial charge >= 0.3 is 6.17 Å². The van der Waals surface area contributed by atoms with E-state index in [1.54, 1.807) is 31.3 Å². The van der Waals surface area contributed by atoms with Crippen molar-refractivity contribution in [1.82, 2.24) is 14.8 Å². The summed E-state index contributed by atoms with van der Waals surface area (Å²) in [6, 6.07) is 13.4. The minimum absolute atomic E-state index is 0.0874. The van der Waals surface area contributed by atoms with Gasteiger partial charge in [-0.05, 0) is 47.6 Å². The first-order chi connectivity index (χ1) is 18.2. The van der Waals surface area contributed by atoms with Crippen LogP contribution >= 0.6 is 0 Å². The highest BCUT2D eigenvalue weighted by Crippen LogP contribution is 2.47. The normalized spacial score (nSPS) is 20.7. The van der Waals surface area contributed by atoms with Crippen LogP contribution in [-0.4, -0.2) is 58.3 Å². The summed E-state index contributed by atoms with van der Waals surface area (Å²) in [6.07, 6.45) is -0.194. The first-order valence-electron chi connectivity index (χ1n) is 12.5. The molecule has 3 heterocycles. The van der Waals surface area contributed by atoms with E-state index in [2.05, 4.69) is 20.0 Å². The van der Waals surface area contributed by atoms with Gasteiger partial charge in [0.15, 0.2) is 5.69 Å². The van der Waals surface area contributed by atoms with Gasteiger partial charge in [-0.2, -0.15) is 0 Å². The molecule has 0 bridgehead atoms. The maximum atomic E-state index is 14.1. The highest BCUT2D eigenvalue weighted by molar-refractivity contribution is 6.07. The van der Waals surface area contributed by atoms with Gasteiger partial charge in [0.2, 0.25) is 5.91 Å². The summed E-state index contributed by atoms with van der Waals surface area (Å²) in [5.74, 6) is -0.802. The zero-order valence-electron chi connectivity index (χ0n) is 21.5. The third kappa shape index (κ3) is 3.97. The number of fused-ring (bicyclic) bond motifs is 3. The zero-order valence-corrected chi connectivity index (χ0v) is 21.5. The average molecular weight is 509 g/mol. The van der Waals surface area contributed by atoms with Crippen LogP contribution in [0.25, 0.3) is 20.6 Å². The zero-order chi connectivity index (χ0) is 27.2. The van der Waals surface area contributed by atoms with Crippen LogP contribution in [0, 0.1) is 19.1 Å². The van der Waals surface area contributed by atoms with Gasteiger partial charge in [-0.1, -0.05) is 38.1 Å². The molecule has 0 saturated carbocycles. The van der Waals surface area contributed by atoms with E-state index in [-0.39, 0.29) is 36.6 Å². The number of aromatic amines is 1. The Balaban J connectivity index is 1.45. The minimum atomic E-state index is -0.982. The van der Waals surface area contributed by atoms with E-state index in [1.807, 2.05) is 38.1 Å². The fraction of sp³-hybridized carbons (Fsp3) is 0.345. The number of aromatic nitrogens is 1. The number of H-pyrrole nitrogens is 1. The highest BCUT2D eigenvalue weighted by Gasteiger charge is 2.59. The topological polar surface area (TPSA) is 94.2 Å². The molecule has 5 rings (SSSR count). The summed E-state index contributed by atoms with van der Waals surface area (Å²) in [6.45, 7) is 19.1. The van der Waals surface area contributed by atoms with E-state index in [0.29, 0.717) is 23.5 Å². The number of likely N-dealkylation sites (N-methyl/N-ethyl adjacent to an activating group) is 1. The maximum Gasteiger partial charge on any atom is 0.302 e. The fourth-order valence-electron chi connectivity index (χ4n) is 5.65. The van der Waals surface area contributed by atoms with Crippen molar-refractivity contribution in [2.24, 2.45) is 5.92 Å². The molecule has 1 fully saturated rings. The van der Waals surface area contributed by atoms with Gasteiger partial charge in [0.05, 0.1) is 13.0 Å². The van der Waals surface area contributed by atoms with E-state index in [0.717, 1.165) is 16.5 Å². The van der Waals surface area contributed by atoms with Crippen LogP contribution in [0.5, 0.6) is 0 Å². The van der Waals surface area contributed by atoms with Crippen molar-refractivity contribution in [3.05, 3.63) is 82.6 Å². The molecule has 38 heavy (non-hydrogen) atoms. The van der Waals surface area contributed by atoms with Gasteiger partial charge in [-0.3, -0.25) is 24.1 Å². The summed E-state index contributed by atoms with van der Waals surface area (Å²) in [4.78, 5) is 54.0. The van der Waals surface area contributed by atoms with Crippen molar-refractivity contribution in [2.45, 2.75) is 44.3 Å². The number of hydrogen-bond acceptors (Lipinski definition) is 3. The number of hydrogen-bond donors (Lipinski definition) is 2. The second kappa shape index (κ2) is 9.35. The lowest BCUT2D eigenvalue weighted by molar-refractivity contribution is -0.136. The summed E-state index contributed by atoms with van der Waals surface area (Å²) < 4.78 is 0. The lowest BCUT2D eigenvalue weighted by Crippen LogP contribution is -2.51. The van der Waals surface area contributed by atoms with Gasteiger partial charge in [0.25, 0.3) is 11.8 Å². The van der Waals surface area contributed by atoms with Gasteiger partial charge in [-0.15, -0.1) is 0 Å². The second-order valence-corrected chi connectivity index (χ2v) is 10.5. The maximum absolute atomic E-state index is 14.1. The number of nitrogens with one attached hydrogen (secondary N) is 2. The molecule has 3 aromatic rings. The molecular formula is C29H28N6O3. The molecule has 2 aliphatic rings. The third-order valence-electron chi connectivity index (χ3n) is 7.62. The predicted octanol–water partition coefficient (Wildman–Crippen LogP) is 4.57. The molecule has 0 aliphatic carbocycles. The number of likely N-dealkylation sites (tertiary alicyclic amines) is 1. The number of benzene rings is 2. The lowest BCUT2D eigenvalue weighted by atomic mass is 9.80. The van der Waals surface area contributed by atoms with Crippen molar-refractivity contribution in [2.75, 3.05) is 18.9 Å². The summed E-state index contributed by atoms with van der Waals surface area (Å²) >= 11 is 0. The number of rotatable bonds is 5. The molecule has 0 radical (unpaired) electrons. The molecule has 1 aromatic heterocycles. The minimum Gasteiger partial charge on any atom is -0.351 e. The number of carbonyl (C=O) groups is 3. The fourth-order valence-corrected chi connectivity index (χ4v) is 5.65. The Labute approximate surface area is 221 Å². The van der Waals surface area contributed by atoms with Crippen LogP contribution in [-0.2, 0) is 15.0 Å². The van der Waals surface area contributed by atoms with E-state index >= 15 is 0 Å². The van der Waals surface area contributed by atoms with E-state index in [1.165, 1.54) is 9.80 Å². The molecule has 192 valence electrons. The van der Waals surface area contributed by atoms with Crippen LogP contribution in [0.3, 0.4) is 0 Å². The number of para-hydroxylation sites is 1. The quantitative estimate of drug-likeness (QED) is 0.494. The van der Waals surface area contributed by atoms with Crippen molar-refractivity contribution >= 4 is 40.0 Å². The number of amides is 3. The van der Waals surface area contributed by atoms with Crippen LogP contribution in [0.4, 0.5) is 11.4 Å². The summed E-state index contributed by atoms with van der Waals surface area (Å²) in [5, 5.41) is 3.65. The molecule has 2 aromatic carbocycles. The Hall–Kier alpha value is -4.63. The largest absolute Gasteiger partial charge is 0.351 e. The second-order valence-electron chi connectivity index (χ2n) is 10.5. The Kier molecular flexibility index (Phi) is 6.16. The Morgan fingerprint density at radius 3 is 2.66 bits per heavy atom. The van der Waals surface area contributed by atoms with Crippen LogP contribution in [0.2, 0.25) is 0 Å². The Bertz CT molecular complexity index is 1540. The number of carbonyl (C=O) groups excluding carboxylic acids is 3. The SMILES string of the molecule is [C-]#[N+]c1ccc2[nH]c(C(=O)N(C)[C@@H](CC(C)C)C(=O)N3C[C@]4(C[C@H]3[N+]#[C-])C(=O)Nc3ccccc34)cc2c1. The van der Waals surface area contributed by atoms with Crippen LogP contribution in [0.15, 0.2) is 48.5 Å². The van der Waals surface area contributed by atoms with Crippen LogP contribution in [0.1, 0.15) is 42.7 Å².